The molecule has 0 radical (unpaired) electrons. The maximum atomic E-state index is 12.3. The van der Waals surface area contributed by atoms with E-state index in [0.717, 1.165) is 0 Å². The quantitative estimate of drug-likeness (QED) is 0.789. The molecule has 1 fully saturated rings. The summed E-state index contributed by atoms with van der Waals surface area (Å²) < 4.78 is 30.6. The van der Waals surface area contributed by atoms with Crippen LogP contribution in [0.2, 0.25) is 0 Å². The van der Waals surface area contributed by atoms with Crippen molar-refractivity contribution in [2.45, 2.75) is 17.7 Å². The summed E-state index contributed by atoms with van der Waals surface area (Å²) >= 11 is 0. The van der Waals surface area contributed by atoms with Gasteiger partial charge >= 0.3 is 5.97 Å². The van der Waals surface area contributed by atoms with Crippen molar-refractivity contribution in [3.8, 4) is 0 Å². The second-order valence-corrected chi connectivity index (χ2v) is 6.48. The van der Waals surface area contributed by atoms with E-state index in [2.05, 4.69) is 9.72 Å². The number of piperidine rings is 1. The Morgan fingerprint density at radius 2 is 2.05 bits per heavy atom. The molecule has 1 aliphatic heterocycles. The summed E-state index contributed by atoms with van der Waals surface area (Å²) in [5, 5.41) is 0. The SMILES string of the molecule is COC(=O)C1CCN(S(=O)(=O)c2c[nH]ccc2=O)CC1. The number of hydrogen-bond acceptors (Lipinski definition) is 5. The van der Waals surface area contributed by atoms with Crippen LogP contribution >= 0.6 is 0 Å². The van der Waals surface area contributed by atoms with Crippen LogP contribution in [0.15, 0.2) is 28.2 Å². The van der Waals surface area contributed by atoms with Gasteiger partial charge in [-0.1, -0.05) is 0 Å². The zero-order valence-electron chi connectivity index (χ0n) is 11.0. The van der Waals surface area contributed by atoms with Crippen LogP contribution in [0.25, 0.3) is 0 Å². The minimum absolute atomic E-state index is 0.205. The van der Waals surface area contributed by atoms with Crippen molar-refractivity contribution in [3.63, 3.8) is 0 Å². The van der Waals surface area contributed by atoms with Gasteiger partial charge < -0.3 is 9.72 Å². The van der Waals surface area contributed by atoms with E-state index < -0.39 is 15.5 Å². The highest BCUT2D eigenvalue weighted by Crippen LogP contribution is 2.22. The predicted octanol–water partition coefficient (Wildman–Crippen LogP) is -0.0514. The maximum Gasteiger partial charge on any atom is 0.308 e. The number of sulfonamides is 1. The molecular weight excluding hydrogens is 284 g/mol. The normalized spacial score (nSPS) is 17.9. The molecule has 8 heteroatoms. The molecule has 1 aromatic rings. The molecule has 0 amide bonds. The second-order valence-electron chi connectivity index (χ2n) is 4.57. The number of carbonyl (C=O) groups is 1. The van der Waals surface area contributed by atoms with Gasteiger partial charge in [-0.2, -0.15) is 4.31 Å². The van der Waals surface area contributed by atoms with Crippen LogP contribution in [0, 0.1) is 5.92 Å². The number of aromatic nitrogens is 1. The lowest BCUT2D eigenvalue weighted by molar-refractivity contribution is -0.146. The molecule has 7 nitrogen and oxygen atoms in total. The number of methoxy groups -OCH3 is 1. The fourth-order valence-electron chi connectivity index (χ4n) is 2.24. The first kappa shape index (κ1) is 14.7. The summed E-state index contributed by atoms with van der Waals surface area (Å²) in [5.74, 6) is -0.597. The van der Waals surface area contributed by atoms with Gasteiger partial charge in [0.15, 0.2) is 0 Å². The van der Waals surface area contributed by atoms with Gasteiger partial charge in [0.1, 0.15) is 4.90 Å². The number of esters is 1. The van der Waals surface area contributed by atoms with Crippen molar-refractivity contribution in [1.82, 2.24) is 9.29 Å². The number of rotatable bonds is 3. The molecule has 1 aromatic heterocycles. The molecule has 0 spiro atoms. The number of H-pyrrole nitrogens is 1. The zero-order valence-corrected chi connectivity index (χ0v) is 11.9. The van der Waals surface area contributed by atoms with Crippen molar-refractivity contribution in [2.24, 2.45) is 5.92 Å². The number of pyridine rings is 1. The van der Waals surface area contributed by atoms with E-state index in [-0.39, 0.29) is 29.9 Å². The summed E-state index contributed by atoms with van der Waals surface area (Å²) in [7, 11) is -2.50. The van der Waals surface area contributed by atoms with Gasteiger partial charge in [-0.15, -0.1) is 0 Å². The van der Waals surface area contributed by atoms with E-state index in [1.165, 1.54) is 29.9 Å². The molecule has 0 bridgehead atoms. The van der Waals surface area contributed by atoms with Crippen LogP contribution < -0.4 is 5.43 Å². The first-order chi connectivity index (χ1) is 9.46. The monoisotopic (exact) mass is 300 g/mol. The van der Waals surface area contributed by atoms with Crippen LogP contribution in [0.3, 0.4) is 0 Å². The fraction of sp³-hybridized carbons (Fsp3) is 0.500. The van der Waals surface area contributed by atoms with Crippen molar-refractivity contribution in [3.05, 3.63) is 28.7 Å². The summed E-state index contributed by atoms with van der Waals surface area (Å²) in [4.78, 5) is 25.4. The van der Waals surface area contributed by atoms with Gasteiger partial charge in [0, 0.05) is 31.5 Å². The lowest BCUT2D eigenvalue weighted by Crippen LogP contribution is -2.41. The Kier molecular flexibility index (Phi) is 4.24. The van der Waals surface area contributed by atoms with E-state index in [1.807, 2.05) is 0 Å². The van der Waals surface area contributed by atoms with E-state index in [4.69, 9.17) is 0 Å². The Bertz CT molecular complexity index is 644. The van der Waals surface area contributed by atoms with E-state index in [1.54, 1.807) is 0 Å². The minimum atomic E-state index is -3.81. The lowest BCUT2D eigenvalue weighted by Gasteiger charge is -2.29. The first-order valence-electron chi connectivity index (χ1n) is 6.22. The summed E-state index contributed by atoms with van der Waals surface area (Å²) in [6.07, 6.45) is 3.36. The smallest absolute Gasteiger partial charge is 0.308 e. The highest BCUT2D eigenvalue weighted by molar-refractivity contribution is 7.89. The number of hydrogen-bond donors (Lipinski definition) is 1. The Labute approximate surface area is 116 Å². The third-order valence-corrected chi connectivity index (χ3v) is 5.31. The van der Waals surface area contributed by atoms with Crippen LogP contribution in [-0.2, 0) is 19.6 Å². The van der Waals surface area contributed by atoms with Gasteiger partial charge in [0.05, 0.1) is 13.0 Å². The highest BCUT2D eigenvalue weighted by Gasteiger charge is 2.33. The molecule has 110 valence electrons. The molecule has 1 aliphatic rings. The molecule has 1 N–H and O–H groups in total. The summed E-state index contributed by atoms with van der Waals surface area (Å²) in [6.45, 7) is 0.410. The minimum Gasteiger partial charge on any atom is -0.469 e. The Morgan fingerprint density at radius 1 is 1.40 bits per heavy atom. The van der Waals surface area contributed by atoms with Gasteiger partial charge in [-0.05, 0) is 12.8 Å². The molecule has 0 aliphatic carbocycles. The largest absolute Gasteiger partial charge is 0.469 e. The van der Waals surface area contributed by atoms with Gasteiger partial charge in [-0.3, -0.25) is 9.59 Å². The number of nitrogens with zero attached hydrogens (tertiary/aromatic N) is 1. The molecule has 0 saturated carbocycles. The molecule has 1 saturated heterocycles. The van der Waals surface area contributed by atoms with Crippen LogP contribution in [0.4, 0.5) is 0 Å². The Morgan fingerprint density at radius 3 is 2.60 bits per heavy atom. The second kappa shape index (κ2) is 5.76. The molecule has 0 aromatic carbocycles. The van der Waals surface area contributed by atoms with Crippen molar-refractivity contribution in [2.75, 3.05) is 20.2 Å². The van der Waals surface area contributed by atoms with Crippen LogP contribution in [0.1, 0.15) is 12.8 Å². The molecule has 0 atom stereocenters. The Balaban J connectivity index is 2.16. The third kappa shape index (κ3) is 2.75. The lowest BCUT2D eigenvalue weighted by atomic mass is 9.99. The van der Waals surface area contributed by atoms with Gasteiger partial charge in [0.2, 0.25) is 15.5 Å². The first-order valence-corrected chi connectivity index (χ1v) is 7.66. The molecule has 2 heterocycles. The Hall–Kier alpha value is -1.67. The average molecular weight is 300 g/mol. The number of aromatic amines is 1. The molecule has 20 heavy (non-hydrogen) atoms. The van der Waals surface area contributed by atoms with Crippen LogP contribution in [0.5, 0.6) is 0 Å². The zero-order chi connectivity index (χ0) is 14.8. The van der Waals surface area contributed by atoms with Crippen molar-refractivity contribution >= 4 is 16.0 Å². The van der Waals surface area contributed by atoms with Crippen LogP contribution in [-0.4, -0.2) is 43.9 Å². The van der Waals surface area contributed by atoms with Crippen molar-refractivity contribution in [1.29, 1.82) is 0 Å². The van der Waals surface area contributed by atoms with Gasteiger partial charge in [0.25, 0.3) is 0 Å². The topological polar surface area (TPSA) is 96.5 Å². The molecule has 2 rings (SSSR count). The molecule has 0 unspecified atom stereocenters. The van der Waals surface area contributed by atoms with E-state index in [9.17, 15) is 18.0 Å². The maximum absolute atomic E-state index is 12.3. The van der Waals surface area contributed by atoms with E-state index in [0.29, 0.717) is 12.8 Å². The van der Waals surface area contributed by atoms with E-state index >= 15 is 0 Å². The highest BCUT2D eigenvalue weighted by atomic mass is 32.2. The average Bonchev–Trinajstić information content (AvgIpc) is 2.47. The number of nitrogens with one attached hydrogen (secondary N) is 1. The molecular formula is C12H16N2O5S. The number of ether oxygens (including phenoxy) is 1. The van der Waals surface area contributed by atoms with Crippen molar-refractivity contribution < 1.29 is 17.9 Å². The summed E-state index contributed by atoms with van der Waals surface area (Å²) in [5.41, 5.74) is -0.543. The summed E-state index contributed by atoms with van der Waals surface area (Å²) in [6, 6.07) is 1.17. The van der Waals surface area contributed by atoms with Gasteiger partial charge in [-0.25, -0.2) is 8.42 Å². The standard InChI is InChI=1S/C12H16N2O5S/c1-19-12(16)9-3-6-14(7-4-9)20(17,18)11-8-13-5-2-10(11)15/h2,5,8-9H,3-4,6-7H2,1H3,(H,13,15). The third-order valence-electron chi connectivity index (χ3n) is 3.39. The predicted molar refractivity (Wildman–Crippen MR) is 70.6 cm³/mol. The fourth-order valence-corrected chi connectivity index (χ4v) is 3.75. The number of carbonyl (C=O) groups excluding carboxylic acids is 1.